The Morgan fingerprint density at radius 2 is 2.64 bits per heavy atom. The van der Waals surface area contributed by atoms with Gasteiger partial charge < -0.3 is 9.88 Å². The Balaban J connectivity index is 2.40. The summed E-state index contributed by atoms with van der Waals surface area (Å²) in [4.78, 5) is 4.07. The van der Waals surface area contributed by atoms with Gasteiger partial charge in [-0.05, 0) is 0 Å². The Morgan fingerprint density at radius 3 is 3.18 bits per heavy atom. The van der Waals surface area contributed by atoms with Gasteiger partial charge in [0.15, 0.2) is 0 Å². The molecule has 0 aromatic carbocycles. The Hall–Kier alpha value is -1.43. The van der Waals surface area contributed by atoms with Crippen LogP contribution in [0.3, 0.4) is 0 Å². The molecule has 1 N–H and O–H groups in total. The molecule has 0 spiro atoms. The van der Waals surface area contributed by atoms with E-state index in [1.165, 1.54) is 0 Å². The average molecular weight is 149 g/mol. The summed E-state index contributed by atoms with van der Waals surface area (Å²) in [6, 6.07) is 0. The summed E-state index contributed by atoms with van der Waals surface area (Å²) in [5, 5.41) is 3.10. The zero-order chi connectivity index (χ0) is 8.10. The largest absolute Gasteiger partial charge is 0.355 e. The lowest BCUT2D eigenvalue weighted by atomic mass is 10.4. The van der Waals surface area contributed by atoms with E-state index >= 15 is 0 Å². The van der Waals surface area contributed by atoms with Crippen LogP contribution in [0.5, 0.6) is 0 Å². The quantitative estimate of drug-likeness (QED) is 0.510. The number of rotatable bonds is 3. The summed E-state index contributed by atoms with van der Waals surface area (Å²) >= 11 is 0. The number of aryl methyl sites for hydroxylation is 1. The number of imidazole rings is 1. The Morgan fingerprint density at radius 1 is 1.82 bits per heavy atom. The van der Waals surface area contributed by atoms with E-state index in [1.807, 2.05) is 17.8 Å². The monoisotopic (exact) mass is 149 g/mol. The van der Waals surface area contributed by atoms with Crippen molar-refractivity contribution in [3.8, 4) is 12.3 Å². The maximum Gasteiger partial charge on any atom is 0.202 e. The topological polar surface area (TPSA) is 29.9 Å². The number of hydrogen-bond acceptors (Lipinski definition) is 2. The highest BCUT2D eigenvalue weighted by Gasteiger charge is 1.94. The lowest BCUT2D eigenvalue weighted by Crippen LogP contribution is -2.05. The van der Waals surface area contributed by atoms with Gasteiger partial charge in [-0.25, -0.2) is 4.98 Å². The molecule has 11 heavy (non-hydrogen) atoms. The third kappa shape index (κ3) is 2.01. The van der Waals surface area contributed by atoms with Gasteiger partial charge in [0.25, 0.3) is 0 Å². The number of hydrogen-bond donors (Lipinski definition) is 1. The van der Waals surface area contributed by atoms with Gasteiger partial charge in [0.2, 0.25) is 5.95 Å². The second kappa shape index (κ2) is 3.67. The molecule has 0 aliphatic heterocycles. The molecule has 0 unspecified atom stereocenters. The number of aromatic nitrogens is 2. The summed E-state index contributed by atoms with van der Waals surface area (Å²) in [5.74, 6) is 3.41. The first-order valence-corrected chi connectivity index (χ1v) is 3.49. The fourth-order valence-corrected chi connectivity index (χ4v) is 0.782. The molecule has 1 heterocycles. The van der Waals surface area contributed by atoms with Crippen molar-refractivity contribution in [1.29, 1.82) is 0 Å². The normalized spacial score (nSPS) is 9.09. The van der Waals surface area contributed by atoms with Crippen molar-refractivity contribution in [1.82, 2.24) is 9.55 Å². The molecule has 0 aliphatic rings. The molecule has 58 valence electrons. The molecule has 0 fully saturated rings. The highest BCUT2D eigenvalue weighted by molar-refractivity contribution is 5.25. The fourth-order valence-electron chi connectivity index (χ4n) is 0.782. The molecule has 0 atom stereocenters. The molecule has 1 aromatic heterocycles. The van der Waals surface area contributed by atoms with E-state index in [9.17, 15) is 0 Å². The van der Waals surface area contributed by atoms with Crippen LogP contribution in [0, 0.1) is 12.3 Å². The van der Waals surface area contributed by atoms with Gasteiger partial charge in [-0.3, -0.25) is 0 Å². The van der Waals surface area contributed by atoms with E-state index in [0.717, 1.165) is 18.9 Å². The summed E-state index contributed by atoms with van der Waals surface area (Å²) in [6.45, 7) is 0.779. The Kier molecular flexibility index (Phi) is 2.56. The molecule has 3 heteroatoms. The van der Waals surface area contributed by atoms with Gasteiger partial charge in [-0.1, -0.05) is 0 Å². The predicted molar refractivity (Wildman–Crippen MR) is 45.1 cm³/mol. The van der Waals surface area contributed by atoms with E-state index in [1.54, 1.807) is 6.20 Å². The van der Waals surface area contributed by atoms with Crippen molar-refractivity contribution in [2.45, 2.75) is 6.42 Å². The smallest absolute Gasteiger partial charge is 0.202 e. The summed E-state index contributed by atoms with van der Waals surface area (Å²) < 4.78 is 1.91. The van der Waals surface area contributed by atoms with Crippen LogP contribution in [0.1, 0.15) is 6.42 Å². The maximum atomic E-state index is 5.09. The van der Waals surface area contributed by atoms with Crippen LogP contribution in [-0.2, 0) is 7.05 Å². The predicted octanol–water partition coefficient (Wildman–Crippen LogP) is 0.855. The van der Waals surface area contributed by atoms with Gasteiger partial charge in [-0.2, -0.15) is 0 Å². The van der Waals surface area contributed by atoms with E-state index in [2.05, 4.69) is 16.2 Å². The molecular formula is C8H11N3. The van der Waals surface area contributed by atoms with Gasteiger partial charge in [0.05, 0.1) is 0 Å². The minimum Gasteiger partial charge on any atom is -0.355 e. The lowest BCUT2D eigenvalue weighted by molar-refractivity contribution is 0.898. The molecule has 0 radical (unpaired) electrons. The third-order valence-electron chi connectivity index (χ3n) is 1.37. The van der Waals surface area contributed by atoms with Gasteiger partial charge in [0.1, 0.15) is 0 Å². The molecule has 0 aliphatic carbocycles. The molecule has 0 saturated heterocycles. The first kappa shape index (κ1) is 7.67. The molecule has 3 nitrogen and oxygen atoms in total. The summed E-state index contributed by atoms with van der Waals surface area (Å²) in [6.07, 6.45) is 9.45. The number of nitrogens with zero attached hydrogens (tertiary/aromatic N) is 2. The van der Waals surface area contributed by atoms with Gasteiger partial charge >= 0.3 is 0 Å². The molecule has 0 saturated carbocycles. The minimum atomic E-state index is 0.729. The Bertz CT molecular complexity index is 257. The Labute approximate surface area is 66.4 Å². The molecule has 1 rings (SSSR count). The first-order valence-electron chi connectivity index (χ1n) is 3.49. The lowest BCUT2D eigenvalue weighted by Gasteiger charge is -2.01. The van der Waals surface area contributed by atoms with E-state index in [-0.39, 0.29) is 0 Å². The van der Waals surface area contributed by atoms with Crippen LogP contribution < -0.4 is 5.32 Å². The van der Waals surface area contributed by atoms with Crippen molar-refractivity contribution in [2.24, 2.45) is 7.05 Å². The average Bonchev–Trinajstić information content (AvgIpc) is 2.37. The van der Waals surface area contributed by atoms with Crippen LogP contribution in [0.25, 0.3) is 0 Å². The molecular weight excluding hydrogens is 138 g/mol. The fraction of sp³-hybridized carbons (Fsp3) is 0.375. The molecule has 0 amide bonds. The van der Waals surface area contributed by atoms with Gasteiger partial charge in [0, 0.05) is 32.4 Å². The van der Waals surface area contributed by atoms with Crippen LogP contribution >= 0.6 is 0 Å². The third-order valence-corrected chi connectivity index (χ3v) is 1.37. The van der Waals surface area contributed by atoms with Crippen LogP contribution in [0.15, 0.2) is 12.4 Å². The van der Waals surface area contributed by atoms with E-state index in [4.69, 9.17) is 6.42 Å². The van der Waals surface area contributed by atoms with Crippen molar-refractivity contribution in [3.63, 3.8) is 0 Å². The van der Waals surface area contributed by atoms with E-state index < -0.39 is 0 Å². The zero-order valence-electron chi connectivity index (χ0n) is 6.54. The molecule has 1 aromatic rings. The van der Waals surface area contributed by atoms with Crippen molar-refractivity contribution in [2.75, 3.05) is 11.9 Å². The van der Waals surface area contributed by atoms with Crippen molar-refractivity contribution < 1.29 is 0 Å². The number of nitrogens with one attached hydrogen (secondary N) is 1. The second-order valence-corrected chi connectivity index (χ2v) is 2.24. The van der Waals surface area contributed by atoms with Crippen LogP contribution in [-0.4, -0.2) is 16.1 Å². The van der Waals surface area contributed by atoms with Crippen molar-refractivity contribution in [3.05, 3.63) is 12.4 Å². The van der Waals surface area contributed by atoms with Crippen LogP contribution in [0.4, 0.5) is 5.95 Å². The zero-order valence-corrected chi connectivity index (χ0v) is 6.54. The highest BCUT2D eigenvalue weighted by atomic mass is 15.2. The number of terminal acetylenes is 1. The highest BCUT2D eigenvalue weighted by Crippen LogP contribution is 1.99. The van der Waals surface area contributed by atoms with Crippen molar-refractivity contribution >= 4 is 5.95 Å². The summed E-state index contributed by atoms with van der Waals surface area (Å²) in [7, 11) is 1.94. The minimum absolute atomic E-state index is 0.729. The first-order chi connectivity index (χ1) is 5.34. The van der Waals surface area contributed by atoms with E-state index in [0.29, 0.717) is 0 Å². The maximum absolute atomic E-state index is 5.09. The van der Waals surface area contributed by atoms with Crippen LogP contribution in [0.2, 0.25) is 0 Å². The van der Waals surface area contributed by atoms with Gasteiger partial charge in [-0.15, -0.1) is 12.3 Å². The number of anilines is 1. The molecule has 0 bridgehead atoms. The summed E-state index contributed by atoms with van der Waals surface area (Å²) in [5.41, 5.74) is 0. The second-order valence-electron chi connectivity index (χ2n) is 2.24. The standard InChI is InChI=1S/C8H11N3/c1-3-4-5-9-8-10-6-7-11(8)2/h1,6-7H,4-5H2,2H3,(H,9,10). The SMILES string of the molecule is C#CCCNc1nccn1C.